The summed E-state index contributed by atoms with van der Waals surface area (Å²) in [4.78, 5) is 4.90. The van der Waals surface area contributed by atoms with Crippen LogP contribution in [-0.2, 0) is 5.41 Å². The standard InChI is InChI=1S/C21H20N2/c1-21(2,3)20-22-18-10-6-7-11-19(18)23(20)17-13-12-15-8-4-5-9-16(15)14-17/h4-14H,1-3H3. The predicted octanol–water partition coefficient (Wildman–Crippen LogP) is 5.48. The van der Waals surface area contributed by atoms with E-state index in [0.29, 0.717) is 0 Å². The molecule has 0 saturated carbocycles. The van der Waals surface area contributed by atoms with Gasteiger partial charge in [-0.05, 0) is 35.0 Å². The van der Waals surface area contributed by atoms with Gasteiger partial charge in [-0.3, -0.25) is 4.57 Å². The third kappa shape index (κ3) is 2.31. The number of benzene rings is 3. The minimum atomic E-state index is -0.0231. The number of hydrogen-bond acceptors (Lipinski definition) is 1. The zero-order chi connectivity index (χ0) is 16.0. The molecule has 0 aliphatic rings. The lowest BCUT2D eigenvalue weighted by Gasteiger charge is -2.20. The van der Waals surface area contributed by atoms with Gasteiger partial charge in [0.2, 0.25) is 0 Å². The summed E-state index contributed by atoms with van der Waals surface area (Å²) in [6.45, 7) is 6.64. The first-order chi connectivity index (χ1) is 11.0. The van der Waals surface area contributed by atoms with Crippen LogP contribution in [0.3, 0.4) is 0 Å². The van der Waals surface area contributed by atoms with Crippen LogP contribution < -0.4 is 0 Å². The molecular formula is C21H20N2. The van der Waals surface area contributed by atoms with Crippen molar-refractivity contribution in [3.63, 3.8) is 0 Å². The van der Waals surface area contributed by atoms with Crippen LogP contribution in [0.2, 0.25) is 0 Å². The Morgan fingerprint density at radius 1 is 0.783 bits per heavy atom. The van der Waals surface area contributed by atoms with Gasteiger partial charge < -0.3 is 0 Å². The van der Waals surface area contributed by atoms with E-state index >= 15 is 0 Å². The fourth-order valence-electron chi connectivity index (χ4n) is 3.11. The van der Waals surface area contributed by atoms with E-state index in [-0.39, 0.29) is 5.41 Å². The van der Waals surface area contributed by atoms with Gasteiger partial charge in [0.15, 0.2) is 0 Å². The van der Waals surface area contributed by atoms with Crippen LogP contribution in [0, 0.1) is 0 Å². The normalized spacial score (nSPS) is 12.1. The van der Waals surface area contributed by atoms with Gasteiger partial charge in [-0.25, -0.2) is 4.98 Å². The second kappa shape index (κ2) is 4.95. The zero-order valence-electron chi connectivity index (χ0n) is 13.7. The Labute approximate surface area is 136 Å². The summed E-state index contributed by atoms with van der Waals surface area (Å²) in [6, 6.07) is 23.5. The summed E-state index contributed by atoms with van der Waals surface area (Å²) in [5.41, 5.74) is 3.35. The van der Waals surface area contributed by atoms with E-state index in [1.54, 1.807) is 0 Å². The second-order valence-electron chi connectivity index (χ2n) is 7.04. The van der Waals surface area contributed by atoms with E-state index in [2.05, 4.69) is 86.0 Å². The maximum atomic E-state index is 4.90. The molecule has 0 radical (unpaired) electrons. The molecule has 2 nitrogen and oxygen atoms in total. The number of rotatable bonds is 1. The highest BCUT2D eigenvalue weighted by atomic mass is 15.1. The maximum Gasteiger partial charge on any atom is 0.119 e. The van der Waals surface area contributed by atoms with Crippen molar-refractivity contribution < 1.29 is 0 Å². The van der Waals surface area contributed by atoms with E-state index in [9.17, 15) is 0 Å². The van der Waals surface area contributed by atoms with Crippen molar-refractivity contribution in [3.05, 3.63) is 72.6 Å². The summed E-state index contributed by atoms with van der Waals surface area (Å²) in [6.07, 6.45) is 0. The van der Waals surface area contributed by atoms with Crippen LogP contribution in [0.4, 0.5) is 0 Å². The molecule has 0 saturated heterocycles. The van der Waals surface area contributed by atoms with Crippen LogP contribution >= 0.6 is 0 Å². The molecule has 4 aromatic rings. The number of fused-ring (bicyclic) bond motifs is 2. The Kier molecular flexibility index (Phi) is 3.02. The quantitative estimate of drug-likeness (QED) is 0.455. The molecule has 0 spiro atoms. The van der Waals surface area contributed by atoms with E-state index in [1.165, 1.54) is 16.5 Å². The minimum Gasteiger partial charge on any atom is -0.296 e. The van der Waals surface area contributed by atoms with Gasteiger partial charge in [0, 0.05) is 11.1 Å². The average molecular weight is 300 g/mol. The molecule has 1 aromatic heterocycles. The van der Waals surface area contributed by atoms with Gasteiger partial charge in [0.1, 0.15) is 5.82 Å². The van der Waals surface area contributed by atoms with Crippen molar-refractivity contribution in [2.45, 2.75) is 26.2 Å². The van der Waals surface area contributed by atoms with Crippen molar-refractivity contribution >= 4 is 21.8 Å². The maximum absolute atomic E-state index is 4.90. The number of nitrogens with zero attached hydrogens (tertiary/aromatic N) is 2. The highest BCUT2D eigenvalue weighted by Crippen LogP contribution is 2.30. The first kappa shape index (κ1) is 14.0. The van der Waals surface area contributed by atoms with E-state index < -0.39 is 0 Å². The summed E-state index contributed by atoms with van der Waals surface area (Å²) in [5.74, 6) is 1.09. The summed E-state index contributed by atoms with van der Waals surface area (Å²) in [7, 11) is 0. The van der Waals surface area contributed by atoms with Crippen molar-refractivity contribution in [1.82, 2.24) is 9.55 Å². The molecule has 114 valence electrons. The van der Waals surface area contributed by atoms with Gasteiger partial charge in [0.25, 0.3) is 0 Å². The Bertz CT molecular complexity index is 1000. The fraction of sp³-hybridized carbons (Fsp3) is 0.190. The van der Waals surface area contributed by atoms with Gasteiger partial charge in [-0.1, -0.05) is 63.2 Å². The topological polar surface area (TPSA) is 17.8 Å². The number of hydrogen-bond donors (Lipinski definition) is 0. The first-order valence-electron chi connectivity index (χ1n) is 8.01. The van der Waals surface area contributed by atoms with Crippen molar-refractivity contribution in [2.75, 3.05) is 0 Å². The molecule has 3 aromatic carbocycles. The monoisotopic (exact) mass is 300 g/mol. The molecule has 1 heterocycles. The zero-order valence-corrected chi connectivity index (χ0v) is 13.7. The molecule has 0 amide bonds. The lowest BCUT2D eigenvalue weighted by Crippen LogP contribution is -2.18. The van der Waals surface area contributed by atoms with Gasteiger partial charge >= 0.3 is 0 Å². The summed E-state index contributed by atoms with van der Waals surface area (Å²) >= 11 is 0. The Morgan fingerprint density at radius 2 is 1.48 bits per heavy atom. The summed E-state index contributed by atoms with van der Waals surface area (Å²) < 4.78 is 2.29. The van der Waals surface area contributed by atoms with E-state index in [1.807, 2.05) is 6.07 Å². The number of imidazole rings is 1. The Hall–Kier alpha value is -2.61. The van der Waals surface area contributed by atoms with Gasteiger partial charge in [-0.2, -0.15) is 0 Å². The van der Waals surface area contributed by atoms with Crippen LogP contribution in [0.1, 0.15) is 26.6 Å². The molecule has 2 heteroatoms. The average Bonchev–Trinajstić information content (AvgIpc) is 2.94. The molecular weight excluding hydrogens is 280 g/mol. The SMILES string of the molecule is CC(C)(C)c1nc2ccccc2n1-c1ccc2ccccc2c1. The third-order valence-corrected chi connectivity index (χ3v) is 4.22. The van der Waals surface area contributed by atoms with Crippen LogP contribution in [-0.4, -0.2) is 9.55 Å². The highest BCUT2D eigenvalue weighted by molar-refractivity contribution is 5.86. The second-order valence-corrected chi connectivity index (χ2v) is 7.04. The smallest absolute Gasteiger partial charge is 0.119 e. The Balaban J connectivity index is 2.06. The number of para-hydroxylation sites is 2. The lowest BCUT2D eigenvalue weighted by atomic mass is 9.95. The van der Waals surface area contributed by atoms with Crippen molar-refractivity contribution in [2.24, 2.45) is 0 Å². The first-order valence-corrected chi connectivity index (χ1v) is 8.01. The minimum absolute atomic E-state index is 0.0231. The van der Waals surface area contributed by atoms with Crippen molar-refractivity contribution in [3.8, 4) is 5.69 Å². The third-order valence-electron chi connectivity index (χ3n) is 4.22. The van der Waals surface area contributed by atoms with Gasteiger partial charge in [-0.15, -0.1) is 0 Å². The molecule has 0 bridgehead atoms. The number of aromatic nitrogens is 2. The molecule has 4 rings (SSSR count). The molecule has 0 N–H and O–H groups in total. The van der Waals surface area contributed by atoms with Gasteiger partial charge in [0.05, 0.1) is 11.0 Å². The Morgan fingerprint density at radius 3 is 2.26 bits per heavy atom. The van der Waals surface area contributed by atoms with Crippen LogP contribution in [0.5, 0.6) is 0 Å². The largest absolute Gasteiger partial charge is 0.296 e. The molecule has 0 aliphatic carbocycles. The molecule has 0 atom stereocenters. The predicted molar refractivity (Wildman–Crippen MR) is 97.3 cm³/mol. The van der Waals surface area contributed by atoms with E-state index in [0.717, 1.165) is 16.9 Å². The molecule has 23 heavy (non-hydrogen) atoms. The van der Waals surface area contributed by atoms with Crippen molar-refractivity contribution in [1.29, 1.82) is 0 Å². The van der Waals surface area contributed by atoms with Crippen LogP contribution in [0.25, 0.3) is 27.5 Å². The molecule has 0 unspecified atom stereocenters. The molecule has 0 fully saturated rings. The molecule has 0 aliphatic heterocycles. The van der Waals surface area contributed by atoms with Crippen LogP contribution in [0.15, 0.2) is 66.7 Å². The fourth-order valence-corrected chi connectivity index (χ4v) is 3.11. The lowest BCUT2D eigenvalue weighted by molar-refractivity contribution is 0.539. The highest BCUT2D eigenvalue weighted by Gasteiger charge is 2.23. The van der Waals surface area contributed by atoms with E-state index in [4.69, 9.17) is 4.98 Å². The summed E-state index contributed by atoms with van der Waals surface area (Å²) in [5, 5.41) is 2.51.